The van der Waals surface area contributed by atoms with Gasteiger partial charge in [-0.25, -0.2) is 9.59 Å². The molecule has 0 aliphatic carbocycles. The molecule has 0 bridgehead atoms. The monoisotopic (exact) mass is 390 g/mol. The van der Waals surface area contributed by atoms with Crippen LogP contribution in [-0.4, -0.2) is 22.2 Å². The Morgan fingerprint density at radius 3 is 1.82 bits per heavy atom. The lowest BCUT2D eigenvalue weighted by Gasteiger charge is -2.17. The van der Waals surface area contributed by atoms with Crippen molar-refractivity contribution in [2.75, 3.05) is 0 Å². The molecule has 0 aliphatic rings. The van der Waals surface area contributed by atoms with Crippen LogP contribution in [0.4, 0.5) is 0 Å². The van der Waals surface area contributed by atoms with Crippen molar-refractivity contribution in [2.45, 2.75) is 97.8 Å². The van der Waals surface area contributed by atoms with Crippen molar-refractivity contribution in [1.82, 2.24) is 0 Å². The Hall–Kier alpha value is -1.84. The molecular formula is C24H38O4. The van der Waals surface area contributed by atoms with E-state index in [0.717, 1.165) is 24.8 Å². The van der Waals surface area contributed by atoms with Gasteiger partial charge in [0.25, 0.3) is 0 Å². The smallest absolute Gasteiger partial charge is 0.336 e. The zero-order chi connectivity index (χ0) is 20.9. The first-order valence-corrected chi connectivity index (χ1v) is 11.0. The molecule has 4 nitrogen and oxygen atoms in total. The van der Waals surface area contributed by atoms with Gasteiger partial charge in [-0.05, 0) is 42.4 Å². The molecule has 0 spiro atoms. The van der Waals surface area contributed by atoms with Crippen molar-refractivity contribution >= 4 is 11.9 Å². The molecule has 0 aliphatic heterocycles. The summed E-state index contributed by atoms with van der Waals surface area (Å²) in [7, 11) is 0. The first-order valence-electron chi connectivity index (χ1n) is 11.0. The van der Waals surface area contributed by atoms with Gasteiger partial charge < -0.3 is 10.2 Å². The number of aromatic carboxylic acids is 2. The summed E-state index contributed by atoms with van der Waals surface area (Å²) in [5, 5.41) is 19.0. The molecule has 0 saturated carbocycles. The van der Waals surface area contributed by atoms with E-state index in [4.69, 9.17) is 0 Å². The van der Waals surface area contributed by atoms with Crippen molar-refractivity contribution in [3.05, 3.63) is 34.4 Å². The van der Waals surface area contributed by atoms with Gasteiger partial charge in [0, 0.05) is 0 Å². The fraction of sp³-hybridized carbons (Fsp3) is 0.667. The Kier molecular flexibility index (Phi) is 11.5. The molecule has 1 rings (SSSR count). The van der Waals surface area contributed by atoms with Crippen LogP contribution in [0.25, 0.3) is 0 Å². The highest BCUT2D eigenvalue weighted by Crippen LogP contribution is 2.25. The normalized spacial score (nSPS) is 11.1. The van der Waals surface area contributed by atoms with Crippen LogP contribution in [0.3, 0.4) is 0 Å². The lowest BCUT2D eigenvalue weighted by Crippen LogP contribution is -2.15. The molecule has 28 heavy (non-hydrogen) atoms. The molecule has 1 aromatic carbocycles. The number of carbonyl (C=O) groups is 2. The van der Waals surface area contributed by atoms with E-state index >= 15 is 0 Å². The maximum atomic E-state index is 11.8. The Labute approximate surface area is 170 Å². The summed E-state index contributed by atoms with van der Waals surface area (Å²) in [6, 6.07) is 3.28. The van der Waals surface area contributed by atoms with Gasteiger partial charge in [0.2, 0.25) is 0 Å². The Bertz CT molecular complexity index is 619. The minimum Gasteiger partial charge on any atom is -0.478 e. The first kappa shape index (κ1) is 24.2. The van der Waals surface area contributed by atoms with Crippen LogP contribution in [0, 0.1) is 5.92 Å². The third-order valence-corrected chi connectivity index (χ3v) is 5.27. The van der Waals surface area contributed by atoms with Gasteiger partial charge in [0.05, 0.1) is 11.1 Å². The summed E-state index contributed by atoms with van der Waals surface area (Å²) in [6.45, 7) is 6.30. The highest BCUT2D eigenvalue weighted by molar-refractivity contribution is 6.03. The number of rotatable bonds is 15. The molecule has 0 radical (unpaired) electrons. The van der Waals surface area contributed by atoms with Crippen LogP contribution >= 0.6 is 0 Å². The van der Waals surface area contributed by atoms with E-state index in [1.54, 1.807) is 0 Å². The van der Waals surface area contributed by atoms with Crippen LogP contribution < -0.4 is 0 Å². The number of hydrogen-bond acceptors (Lipinski definition) is 2. The van der Waals surface area contributed by atoms with Crippen molar-refractivity contribution < 1.29 is 19.8 Å². The zero-order valence-electron chi connectivity index (χ0n) is 17.9. The molecule has 1 aromatic rings. The second-order valence-electron chi connectivity index (χ2n) is 8.27. The topological polar surface area (TPSA) is 74.6 Å². The van der Waals surface area contributed by atoms with E-state index in [1.807, 2.05) is 19.9 Å². The Morgan fingerprint density at radius 1 is 0.821 bits per heavy atom. The fourth-order valence-corrected chi connectivity index (χ4v) is 3.79. The van der Waals surface area contributed by atoms with Crippen molar-refractivity contribution in [3.8, 4) is 0 Å². The quantitative estimate of drug-likeness (QED) is 0.325. The fourth-order valence-electron chi connectivity index (χ4n) is 3.79. The molecule has 0 saturated heterocycles. The summed E-state index contributed by atoms with van der Waals surface area (Å²) in [5.74, 6) is -2.04. The van der Waals surface area contributed by atoms with Gasteiger partial charge in [-0.15, -0.1) is 0 Å². The van der Waals surface area contributed by atoms with Crippen LogP contribution in [0.15, 0.2) is 12.1 Å². The highest BCUT2D eigenvalue weighted by Gasteiger charge is 2.23. The van der Waals surface area contributed by atoms with Crippen LogP contribution in [0.5, 0.6) is 0 Å². The third kappa shape index (κ3) is 8.45. The number of benzene rings is 1. The van der Waals surface area contributed by atoms with E-state index in [2.05, 4.69) is 6.92 Å². The van der Waals surface area contributed by atoms with Crippen LogP contribution in [0.1, 0.15) is 117 Å². The molecular weight excluding hydrogens is 352 g/mol. The highest BCUT2D eigenvalue weighted by atomic mass is 16.4. The maximum Gasteiger partial charge on any atom is 0.336 e. The zero-order valence-corrected chi connectivity index (χ0v) is 17.9. The number of aryl methyl sites for hydroxylation is 1. The molecule has 2 N–H and O–H groups in total. The second kappa shape index (κ2) is 13.4. The lowest BCUT2D eigenvalue weighted by molar-refractivity contribution is 0.0650. The van der Waals surface area contributed by atoms with Crippen LogP contribution in [0.2, 0.25) is 0 Å². The predicted molar refractivity (Wildman–Crippen MR) is 114 cm³/mol. The largest absolute Gasteiger partial charge is 0.478 e. The second-order valence-corrected chi connectivity index (χ2v) is 8.27. The molecule has 0 atom stereocenters. The van der Waals surface area contributed by atoms with E-state index in [-0.39, 0.29) is 17.0 Å². The van der Waals surface area contributed by atoms with Gasteiger partial charge in [-0.2, -0.15) is 0 Å². The number of carboxylic acid groups (broad SMARTS) is 2. The standard InChI is InChI=1S/C24H38O4/c1-4-5-6-7-8-9-10-11-12-13-14-19-15-16-20(23(25)26)22(24(27)28)21(19)17-18(2)3/h15-16,18H,4-14,17H2,1-3H3,(H,25,26)(H,27,28). The minimum absolute atomic E-state index is 0.0224. The van der Waals surface area contributed by atoms with Crippen LogP contribution in [-0.2, 0) is 12.8 Å². The lowest BCUT2D eigenvalue weighted by atomic mass is 9.88. The molecule has 4 heteroatoms. The van der Waals surface area contributed by atoms with E-state index in [0.29, 0.717) is 12.0 Å². The molecule has 0 amide bonds. The average Bonchev–Trinajstić information content (AvgIpc) is 2.63. The van der Waals surface area contributed by atoms with Crippen molar-refractivity contribution in [2.24, 2.45) is 5.92 Å². The molecule has 0 unspecified atom stereocenters. The van der Waals surface area contributed by atoms with E-state index in [1.165, 1.54) is 57.4 Å². The predicted octanol–water partition coefficient (Wildman–Crippen LogP) is 6.74. The molecule has 158 valence electrons. The minimum atomic E-state index is -1.17. The summed E-state index contributed by atoms with van der Waals surface area (Å²) >= 11 is 0. The molecule has 0 fully saturated rings. The first-order chi connectivity index (χ1) is 13.4. The summed E-state index contributed by atoms with van der Waals surface area (Å²) in [5.41, 5.74) is 1.58. The Morgan fingerprint density at radius 2 is 1.36 bits per heavy atom. The van der Waals surface area contributed by atoms with E-state index in [9.17, 15) is 19.8 Å². The van der Waals surface area contributed by atoms with E-state index < -0.39 is 11.9 Å². The van der Waals surface area contributed by atoms with Gasteiger partial charge in [-0.1, -0.05) is 84.6 Å². The van der Waals surface area contributed by atoms with Gasteiger partial charge in [-0.3, -0.25) is 0 Å². The number of unbranched alkanes of at least 4 members (excludes halogenated alkanes) is 9. The third-order valence-electron chi connectivity index (χ3n) is 5.27. The molecule has 0 aromatic heterocycles. The Balaban J connectivity index is 2.61. The van der Waals surface area contributed by atoms with Crippen molar-refractivity contribution in [1.29, 1.82) is 0 Å². The summed E-state index contributed by atoms with van der Waals surface area (Å²) in [6.07, 6.45) is 14.0. The van der Waals surface area contributed by atoms with Gasteiger partial charge >= 0.3 is 11.9 Å². The molecule has 0 heterocycles. The number of carboxylic acids is 2. The average molecular weight is 391 g/mol. The van der Waals surface area contributed by atoms with Gasteiger partial charge in [0.15, 0.2) is 0 Å². The summed E-state index contributed by atoms with van der Waals surface area (Å²) in [4.78, 5) is 23.2. The SMILES string of the molecule is CCCCCCCCCCCCc1ccc(C(=O)O)c(C(=O)O)c1CC(C)C. The van der Waals surface area contributed by atoms with Gasteiger partial charge in [0.1, 0.15) is 0 Å². The van der Waals surface area contributed by atoms with Crippen molar-refractivity contribution in [3.63, 3.8) is 0 Å². The maximum absolute atomic E-state index is 11.8. The number of hydrogen-bond donors (Lipinski definition) is 2. The summed E-state index contributed by atoms with van der Waals surface area (Å²) < 4.78 is 0.